The predicted octanol–water partition coefficient (Wildman–Crippen LogP) is 4.52. The van der Waals surface area contributed by atoms with Crippen LogP contribution in [0.5, 0.6) is 11.5 Å². The zero-order valence-corrected chi connectivity index (χ0v) is 13.8. The van der Waals surface area contributed by atoms with Crippen molar-refractivity contribution in [1.29, 1.82) is 0 Å². The van der Waals surface area contributed by atoms with E-state index in [1.165, 1.54) is 22.7 Å². The van der Waals surface area contributed by atoms with Crippen LogP contribution in [-0.4, -0.2) is 14.2 Å². The molecule has 2 aromatic carbocycles. The van der Waals surface area contributed by atoms with Gasteiger partial charge in [0.2, 0.25) is 0 Å². The van der Waals surface area contributed by atoms with Crippen molar-refractivity contribution in [1.82, 2.24) is 0 Å². The van der Waals surface area contributed by atoms with Gasteiger partial charge in [-0.2, -0.15) is 0 Å². The minimum atomic E-state index is 0.0941. The van der Waals surface area contributed by atoms with Crippen LogP contribution in [0.15, 0.2) is 53.3 Å². The van der Waals surface area contributed by atoms with Gasteiger partial charge in [-0.1, -0.05) is 22.7 Å². The molecule has 0 aliphatic carbocycles. The minimum Gasteiger partial charge on any atom is -0.497 e. The highest BCUT2D eigenvalue weighted by Crippen LogP contribution is 2.38. The normalized spacial score (nSPS) is 10.5. The minimum absolute atomic E-state index is 0.0941. The van der Waals surface area contributed by atoms with E-state index < -0.39 is 0 Å². The molecule has 5 heteroatoms. The van der Waals surface area contributed by atoms with Gasteiger partial charge < -0.3 is 9.47 Å². The summed E-state index contributed by atoms with van der Waals surface area (Å²) in [4.78, 5) is 13.9. The molecule has 0 aliphatic rings. The lowest BCUT2D eigenvalue weighted by Gasteiger charge is -2.05. The Morgan fingerprint density at radius 3 is 1.36 bits per heavy atom. The molecule has 1 heterocycles. The van der Waals surface area contributed by atoms with Crippen molar-refractivity contribution in [2.45, 2.75) is 0 Å². The summed E-state index contributed by atoms with van der Waals surface area (Å²) in [5.74, 6) is 1.61. The van der Waals surface area contributed by atoms with E-state index in [0.717, 1.165) is 32.4 Å². The number of hydrogen-bond donors (Lipinski definition) is 0. The van der Waals surface area contributed by atoms with Crippen LogP contribution in [0.25, 0.3) is 20.9 Å². The Balaban J connectivity index is 2.06. The van der Waals surface area contributed by atoms with E-state index in [-0.39, 0.29) is 4.06 Å². The van der Waals surface area contributed by atoms with Crippen molar-refractivity contribution in [3.05, 3.63) is 57.4 Å². The van der Waals surface area contributed by atoms with Crippen LogP contribution in [0.2, 0.25) is 0 Å². The molecular weight excluding hydrogens is 316 g/mol. The Bertz CT molecular complexity index is 746. The third kappa shape index (κ3) is 2.91. The SMILES string of the molecule is COc1ccc(-c2sc(=O)sc2-c2ccc(OC)cc2)cc1. The van der Waals surface area contributed by atoms with Gasteiger partial charge in [-0.05, 0) is 59.7 Å². The van der Waals surface area contributed by atoms with Crippen LogP contribution in [0.1, 0.15) is 0 Å². The molecule has 0 atom stereocenters. The summed E-state index contributed by atoms with van der Waals surface area (Å²) < 4.78 is 10.5. The fourth-order valence-corrected chi connectivity index (χ4v) is 4.32. The third-order valence-electron chi connectivity index (χ3n) is 3.28. The van der Waals surface area contributed by atoms with Crippen LogP contribution in [0.4, 0.5) is 0 Å². The summed E-state index contributed by atoms with van der Waals surface area (Å²) in [7, 11) is 3.28. The molecule has 0 fully saturated rings. The monoisotopic (exact) mass is 330 g/mol. The first kappa shape index (κ1) is 14.8. The largest absolute Gasteiger partial charge is 0.497 e. The van der Waals surface area contributed by atoms with Crippen LogP contribution < -0.4 is 13.5 Å². The molecule has 22 heavy (non-hydrogen) atoms. The van der Waals surface area contributed by atoms with Crippen molar-refractivity contribution in [2.75, 3.05) is 14.2 Å². The van der Waals surface area contributed by atoms with Gasteiger partial charge in [0, 0.05) is 0 Å². The number of ether oxygens (including phenoxy) is 2. The molecule has 3 rings (SSSR count). The summed E-state index contributed by atoms with van der Waals surface area (Å²) in [5.41, 5.74) is 2.05. The van der Waals surface area contributed by atoms with Crippen molar-refractivity contribution in [3.63, 3.8) is 0 Å². The molecule has 0 aliphatic heterocycles. The van der Waals surface area contributed by atoms with Crippen molar-refractivity contribution < 1.29 is 9.47 Å². The van der Waals surface area contributed by atoms with Gasteiger partial charge in [-0.3, -0.25) is 4.79 Å². The molecule has 1 aromatic heterocycles. The first-order valence-corrected chi connectivity index (χ1v) is 8.27. The maximum Gasteiger partial charge on any atom is 0.288 e. The first-order valence-electron chi connectivity index (χ1n) is 6.64. The Labute approximate surface area is 136 Å². The molecule has 0 N–H and O–H groups in total. The Morgan fingerprint density at radius 1 is 0.682 bits per heavy atom. The smallest absolute Gasteiger partial charge is 0.288 e. The maximum absolute atomic E-state index is 11.9. The molecule has 0 spiro atoms. The summed E-state index contributed by atoms with van der Waals surface area (Å²) in [6.07, 6.45) is 0. The van der Waals surface area contributed by atoms with Crippen LogP contribution in [-0.2, 0) is 0 Å². The van der Waals surface area contributed by atoms with Crippen molar-refractivity contribution >= 4 is 22.7 Å². The lowest BCUT2D eigenvalue weighted by atomic mass is 10.1. The molecule has 112 valence electrons. The van der Waals surface area contributed by atoms with E-state index in [9.17, 15) is 4.79 Å². The lowest BCUT2D eigenvalue weighted by molar-refractivity contribution is 0.414. The average molecular weight is 330 g/mol. The summed E-state index contributed by atoms with van der Waals surface area (Å²) in [5, 5.41) is 0. The van der Waals surface area contributed by atoms with Gasteiger partial charge in [0.15, 0.2) is 0 Å². The number of methoxy groups -OCH3 is 2. The summed E-state index contributed by atoms with van der Waals surface area (Å²) in [6, 6.07) is 15.5. The van der Waals surface area contributed by atoms with Gasteiger partial charge in [0.25, 0.3) is 4.06 Å². The fraction of sp³-hybridized carbons (Fsp3) is 0.118. The quantitative estimate of drug-likeness (QED) is 0.705. The number of hydrogen-bond acceptors (Lipinski definition) is 5. The highest BCUT2D eigenvalue weighted by Gasteiger charge is 2.13. The Morgan fingerprint density at radius 2 is 1.05 bits per heavy atom. The molecular formula is C17H14O3S2. The van der Waals surface area contributed by atoms with Gasteiger partial charge >= 0.3 is 0 Å². The van der Waals surface area contributed by atoms with Crippen LogP contribution in [0, 0.1) is 0 Å². The van der Waals surface area contributed by atoms with E-state index in [1.807, 2.05) is 48.5 Å². The Kier molecular flexibility index (Phi) is 4.27. The number of benzene rings is 2. The van der Waals surface area contributed by atoms with Crippen molar-refractivity contribution in [2.24, 2.45) is 0 Å². The zero-order chi connectivity index (χ0) is 15.5. The molecule has 0 radical (unpaired) electrons. The molecule has 0 saturated heterocycles. The third-order valence-corrected chi connectivity index (χ3v) is 5.53. The highest BCUT2D eigenvalue weighted by atomic mass is 32.2. The number of rotatable bonds is 4. The van der Waals surface area contributed by atoms with E-state index in [0.29, 0.717) is 0 Å². The average Bonchev–Trinajstić information content (AvgIpc) is 2.97. The van der Waals surface area contributed by atoms with Gasteiger partial charge in [0.1, 0.15) is 11.5 Å². The standard InChI is InChI=1S/C17H14O3S2/c1-19-13-7-3-11(4-8-13)15-16(22-17(18)21-15)12-5-9-14(20-2)10-6-12/h3-10H,1-2H3. The van der Waals surface area contributed by atoms with Gasteiger partial charge in [-0.25, -0.2) is 0 Å². The predicted molar refractivity (Wildman–Crippen MR) is 92.4 cm³/mol. The van der Waals surface area contributed by atoms with E-state index in [1.54, 1.807) is 14.2 Å². The molecule has 0 saturated carbocycles. The van der Waals surface area contributed by atoms with Crippen LogP contribution in [0.3, 0.4) is 0 Å². The second-order valence-corrected chi connectivity index (χ2v) is 6.79. The summed E-state index contributed by atoms with van der Waals surface area (Å²) >= 11 is 2.55. The van der Waals surface area contributed by atoms with E-state index in [4.69, 9.17) is 9.47 Å². The maximum atomic E-state index is 11.9. The second-order valence-electron chi connectivity index (χ2n) is 4.57. The first-order chi connectivity index (χ1) is 10.7. The van der Waals surface area contributed by atoms with Crippen LogP contribution >= 0.6 is 22.7 Å². The fourth-order valence-electron chi connectivity index (χ4n) is 2.15. The van der Waals surface area contributed by atoms with Gasteiger partial charge in [0.05, 0.1) is 24.0 Å². The summed E-state index contributed by atoms with van der Waals surface area (Å²) in [6.45, 7) is 0. The van der Waals surface area contributed by atoms with E-state index >= 15 is 0 Å². The highest BCUT2D eigenvalue weighted by molar-refractivity contribution is 7.32. The molecule has 0 bridgehead atoms. The molecule has 0 unspecified atom stereocenters. The zero-order valence-electron chi connectivity index (χ0n) is 12.2. The topological polar surface area (TPSA) is 35.5 Å². The molecule has 3 aromatic rings. The molecule has 3 nitrogen and oxygen atoms in total. The Hall–Kier alpha value is -2.11. The lowest BCUT2D eigenvalue weighted by Crippen LogP contribution is -1.84. The molecule has 0 amide bonds. The second kappa shape index (κ2) is 6.34. The van der Waals surface area contributed by atoms with Gasteiger partial charge in [-0.15, -0.1) is 0 Å². The van der Waals surface area contributed by atoms with E-state index in [2.05, 4.69) is 0 Å². The van der Waals surface area contributed by atoms with Crippen molar-refractivity contribution in [3.8, 4) is 32.4 Å².